The van der Waals surface area contributed by atoms with Crippen LogP contribution in [0.4, 0.5) is 0 Å². The van der Waals surface area contributed by atoms with E-state index < -0.39 is 10.4 Å². The van der Waals surface area contributed by atoms with E-state index >= 15 is 0 Å². The highest BCUT2D eigenvalue weighted by Gasteiger charge is 1.99. The van der Waals surface area contributed by atoms with E-state index in [1.807, 2.05) is 26.4 Å². The van der Waals surface area contributed by atoms with E-state index in [9.17, 15) is 13.0 Å². The van der Waals surface area contributed by atoms with Crippen molar-refractivity contribution in [2.75, 3.05) is 6.61 Å². The van der Waals surface area contributed by atoms with Gasteiger partial charge in [0.2, 0.25) is 10.4 Å². The SMILES string of the molecule is CCCCOS(=O)(=O)[O-].CCc1[nH]cc[n+]1C. The molecule has 1 aromatic rings. The number of hydrogen-bond donors (Lipinski definition) is 1. The molecule has 0 unspecified atom stereocenters. The van der Waals surface area contributed by atoms with Crippen LogP contribution in [0.5, 0.6) is 0 Å². The molecule has 100 valence electrons. The first-order valence-electron chi connectivity index (χ1n) is 5.52. The average molecular weight is 264 g/mol. The molecule has 1 rings (SSSR count). The summed E-state index contributed by atoms with van der Waals surface area (Å²) in [6.45, 7) is 4.01. The summed E-state index contributed by atoms with van der Waals surface area (Å²) in [5, 5.41) is 0. The molecule has 1 aromatic heterocycles. The molecular formula is C10H20N2O4S. The molecule has 0 saturated heterocycles. The van der Waals surface area contributed by atoms with Crippen molar-refractivity contribution in [3.8, 4) is 0 Å². The maximum atomic E-state index is 9.73. The number of aromatic nitrogens is 2. The van der Waals surface area contributed by atoms with Crippen LogP contribution in [-0.4, -0.2) is 24.6 Å². The van der Waals surface area contributed by atoms with Crippen LogP contribution in [0.3, 0.4) is 0 Å². The number of rotatable bonds is 5. The van der Waals surface area contributed by atoms with E-state index in [0.717, 1.165) is 12.8 Å². The van der Waals surface area contributed by atoms with Gasteiger partial charge in [0.1, 0.15) is 12.4 Å². The molecule has 0 fully saturated rings. The summed E-state index contributed by atoms with van der Waals surface area (Å²) in [6.07, 6.45) is 6.44. The first kappa shape index (κ1) is 16.1. The van der Waals surface area contributed by atoms with Gasteiger partial charge in [-0.1, -0.05) is 20.3 Å². The molecule has 0 aliphatic heterocycles. The monoisotopic (exact) mass is 264 g/mol. The van der Waals surface area contributed by atoms with Crippen molar-refractivity contribution in [1.82, 2.24) is 4.98 Å². The number of hydrogen-bond acceptors (Lipinski definition) is 4. The van der Waals surface area contributed by atoms with E-state index in [1.165, 1.54) is 5.82 Å². The van der Waals surface area contributed by atoms with Gasteiger partial charge in [-0.3, -0.25) is 4.18 Å². The lowest BCUT2D eigenvalue weighted by atomic mass is 10.4. The van der Waals surface area contributed by atoms with E-state index in [0.29, 0.717) is 6.42 Å². The third kappa shape index (κ3) is 8.84. The Balaban J connectivity index is 0.000000302. The molecule has 0 bridgehead atoms. The Hall–Kier alpha value is -0.920. The van der Waals surface area contributed by atoms with Crippen LogP contribution in [-0.2, 0) is 28.1 Å². The molecule has 0 aliphatic carbocycles. The van der Waals surface area contributed by atoms with Crippen LogP contribution < -0.4 is 4.57 Å². The second kappa shape index (κ2) is 8.21. The third-order valence-electron chi connectivity index (χ3n) is 2.03. The fourth-order valence-electron chi connectivity index (χ4n) is 1.09. The zero-order valence-electron chi connectivity index (χ0n) is 10.5. The second-order valence-electron chi connectivity index (χ2n) is 3.46. The lowest BCUT2D eigenvalue weighted by Gasteiger charge is -2.05. The molecule has 1 N–H and O–H groups in total. The van der Waals surface area contributed by atoms with E-state index in [1.54, 1.807) is 0 Å². The minimum atomic E-state index is -4.45. The highest BCUT2D eigenvalue weighted by molar-refractivity contribution is 7.80. The first-order chi connectivity index (χ1) is 7.90. The predicted octanol–water partition coefficient (Wildman–Crippen LogP) is 0.665. The van der Waals surface area contributed by atoms with Crippen LogP contribution in [0.1, 0.15) is 32.5 Å². The molecular weight excluding hydrogens is 244 g/mol. The lowest BCUT2D eigenvalue weighted by Crippen LogP contribution is -2.29. The van der Waals surface area contributed by atoms with Crippen molar-refractivity contribution < 1.29 is 21.7 Å². The number of nitrogens with zero attached hydrogens (tertiary/aromatic N) is 1. The molecule has 0 radical (unpaired) electrons. The van der Waals surface area contributed by atoms with Crippen molar-refractivity contribution in [2.45, 2.75) is 33.1 Å². The molecule has 17 heavy (non-hydrogen) atoms. The van der Waals surface area contributed by atoms with Crippen molar-refractivity contribution in [3.63, 3.8) is 0 Å². The molecule has 0 saturated carbocycles. The second-order valence-corrected chi connectivity index (χ2v) is 4.51. The van der Waals surface area contributed by atoms with Crippen molar-refractivity contribution >= 4 is 10.4 Å². The van der Waals surface area contributed by atoms with E-state index in [-0.39, 0.29) is 6.61 Å². The summed E-state index contributed by atoms with van der Waals surface area (Å²) < 4.78 is 35.2. The van der Waals surface area contributed by atoms with Gasteiger partial charge < -0.3 is 4.55 Å². The Bertz CT molecular complexity index is 400. The molecule has 0 atom stereocenters. The first-order valence-corrected chi connectivity index (χ1v) is 6.86. The van der Waals surface area contributed by atoms with Gasteiger partial charge in [0.05, 0.1) is 13.7 Å². The molecule has 1 heterocycles. The van der Waals surface area contributed by atoms with Gasteiger partial charge >= 0.3 is 0 Å². The average Bonchev–Trinajstić information content (AvgIpc) is 2.63. The third-order valence-corrected chi connectivity index (χ3v) is 2.49. The van der Waals surface area contributed by atoms with Gasteiger partial charge in [-0.25, -0.2) is 18.0 Å². The Kier molecular flexibility index (Phi) is 7.77. The van der Waals surface area contributed by atoms with Crippen LogP contribution in [0.25, 0.3) is 0 Å². The quantitative estimate of drug-likeness (QED) is 0.366. The normalized spacial score (nSPS) is 10.8. The van der Waals surface area contributed by atoms with Gasteiger partial charge in [-0.2, -0.15) is 0 Å². The fraction of sp³-hybridized carbons (Fsp3) is 0.700. The molecule has 7 heteroatoms. The number of imidazole rings is 1. The molecule has 0 aliphatic rings. The Morgan fingerprint density at radius 2 is 2.12 bits per heavy atom. The van der Waals surface area contributed by atoms with Crippen LogP contribution in [0, 0.1) is 0 Å². The zero-order valence-corrected chi connectivity index (χ0v) is 11.3. The van der Waals surface area contributed by atoms with Gasteiger partial charge in [0.15, 0.2) is 0 Å². The summed E-state index contributed by atoms with van der Waals surface area (Å²) in [5.41, 5.74) is 0. The van der Waals surface area contributed by atoms with Crippen LogP contribution in [0.2, 0.25) is 0 Å². The standard InChI is InChI=1S/C6H10N2.C4H10O4S/c1-3-6-7-4-5-8(6)2;1-2-3-4-8-9(5,6)7/h4-5H,3H2,1-2H3;2-4H2,1H3,(H,5,6,7). The summed E-state index contributed by atoms with van der Waals surface area (Å²) in [7, 11) is -2.41. The number of aromatic amines is 1. The number of nitrogens with one attached hydrogen (secondary N) is 1. The van der Waals surface area contributed by atoms with E-state index in [2.05, 4.69) is 20.7 Å². The van der Waals surface area contributed by atoms with Gasteiger partial charge in [-0.15, -0.1) is 0 Å². The largest absolute Gasteiger partial charge is 0.726 e. The smallest absolute Gasteiger partial charge is 0.253 e. The molecule has 0 aromatic carbocycles. The summed E-state index contributed by atoms with van der Waals surface area (Å²) in [4.78, 5) is 3.12. The highest BCUT2D eigenvalue weighted by atomic mass is 32.3. The summed E-state index contributed by atoms with van der Waals surface area (Å²) >= 11 is 0. The lowest BCUT2D eigenvalue weighted by molar-refractivity contribution is -0.677. The summed E-state index contributed by atoms with van der Waals surface area (Å²) in [6, 6.07) is 0. The van der Waals surface area contributed by atoms with Crippen molar-refractivity contribution in [3.05, 3.63) is 18.2 Å². The molecule has 0 amide bonds. The Morgan fingerprint density at radius 1 is 1.47 bits per heavy atom. The zero-order chi connectivity index (χ0) is 13.3. The van der Waals surface area contributed by atoms with Gasteiger partial charge in [0.25, 0.3) is 5.82 Å². The maximum Gasteiger partial charge on any atom is 0.253 e. The summed E-state index contributed by atoms with van der Waals surface area (Å²) in [5.74, 6) is 1.27. The van der Waals surface area contributed by atoms with Crippen molar-refractivity contribution in [1.29, 1.82) is 0 Å². The van der Waals surface area contributed by atoms with Crippen molar-refractivity contribution in [2.24, 2.45) is 7.05 Å². The fourth-order valence-corrected chi connectivity index (χ4v) is 1.42. The van der Waals surface area contributed by atoms with Crippen LogP contribution >= 0.6 is 0 Å². The number of unbranched alkanes of at least 4 members (excludes halogenated alkanes) is 1. The highest BCUT2D eigenvalue weighted by Crippen LogP contribution is 1.91. The molecule has 0 spiro atoms. The van der Waals surface area contributed by atoms with Crippen LogP contribution in [0.15, 0.2) is 12.4 Å². The number of H-pyrrole nitrogens is 1. The Labute approximate surface area is 103 Å². The number of aryl methyl sites for hydroxylation is 2. The Morgan fingerprint density at radius 3 is 2.41 bits per heavy atom. The van der Waals surface area contributed by atoms with E-state index in [4.69, 9.17) is 0 Å². The molecule has 6 nitrogen and oxygen atoms in total. The topological polar surface area (TPSA) is 86.1 Å². The van der Waals surface area contributed by atoms with Gasteiger partial charge in [-0.05, 0) is 6.42 Å². The minimum absolute atomic E-state index is 0.00231. The minimum Gasteiger partial charge on any atom is -0.726 e. The predicted molar refractivity (Wildman–Crippen MR) is 61.9 cm³/mol. The maximum absolute atomic E-state index is 9.73. The van der Waals surface area contributed by atoms with Gasteiger partial charge in [0, 0.05) is 6.42 Å².